The average Bonchev–Trinajstić information content (AvgIpc) is 3.13. The van der Waals surface area contributed by atoms with Crippen molar-refractivity contribution in [2.75, 3.05) is 6.54 Å². The number of carbonyl (C=O) groups excluding carboxylic acids is 2. The maximum absolute atomic E-state index is 11.6. The molecule has 0 atom stereocenters. The lowest BCUT2D eigenvalue weighted by Crippen LogP contribution is -2.38. The fourth-order valence-electron chi connectivity index (χ4n) is 1.58. The smallest absolute Gasteiger partial charge is 0.239 e. The Morgan fingerprint density at radius 3 is 2.61 bits per heavy atom. The molecule has 0 heterocycles. The SMILES string of the molecule is O=C(Cc1ccccc1O)NCC(=O)NC1CC1. The number of hydrogen-bond donors (Lipinski definition) is 3. The summed E-state index contributed by atoms with van der Waals surface area (Å²) in [6, 6.07) is 6.95. The number of para-hydroxylation sites is 1. The fourth-order valence-corrected chi connectivity index (χ4v) is 1.58. The van der Waals surface area contributed by atoms with E-state index in [-0.39, 0.29) is 30.5 Å². The van der Waals surface area contributed by atoms with Gasteiger partial charge in [-0.2, -0.15) is 0 Å². The first-order chi connectivity index (χ1) is 8.65. The van der Waals surface area contributed by atoms with Gasteiger partial charge in [0.05, 0.1) is 13.0 Å². The van der Waals surface area contributed by atoms with Gasteiger partial charge in [-0.15, -0.1) is 0 Å². The number of hydrogen-bond acceptors (Lipinski definition) is 3. The third-order valence-electron chi connectivity index (χ3n) is 2.73. The number of rotatable bonds is 5. The maximum Gasteiger partial charge on any atom is 0.239 e. The van der Waals surface area contributed by atoms with Gasteiger partial charge in [-0.05, 0) is 18.9 Å². The summed E-state index contributed by atoms with van der Waals surface area (Å²) >= 11 is 0. The number of benzene rings is 1. The molecule has 1 aromatic rings. The van der Waals surface area contributed by atoms with Gasteiger partial charge >= 0.3 is 0 Å². The van der Waals surface area contributed by atoms with Crippen LogP contribution in [0, 0.1) is 0 Å². The first kappa shape index (κ1) is 12.4. The fraction of sp³-hybridized carbons (Fsp3) is 0.385. The van der Waals surface area contributed by atoms with E-state index in [2.05, 4.69) is 10.6 Å². The second-order valence-electron chi connectivity index (χ2n) is 4.42. The molecule has 0 aliphatic heterocycles. The minimum Gasteiger partial charge on any atom is -0.508 e. The van der Waals surface area contributed by atoms with Crippen molar-refractivity contribution >= 4 is 11.8 Å². The highest BCUT2D eigenvalue weighted by molar-refractivity contribution is 5.86. The molecule has 18 heavy (non-hydrogen) atoms. The molecule has 1 saturated carbocycles. The molecule has 0 aromatic heterocycles. The van der Waals surface area contributed by atoms with Gasteiger partial charge in [0.1, 0.15) is 5.75 Å². The number of phenols is 1. The Morgan fingerprint density at radius 1 is 1.22 bits per heavy atom. The van der Waals surface area contributed by atoms with Gasteiger partial charge in [-0.25, -0.2) is 0 Å². The highest BCUT2D eigenvalue weighted by Gasteiger charge is 2.23. The molecule has 1 aliphatic rings. The van der Waals surface area contributed by atoms with Crippen molar-refractivity contribution in [2.45, 2.75) is 25.3 Å². The minimum absolute atomic E-state index is 0.0110. The second kappa shape index (κ2) is 5.53. The van der Waals surface area contributed by atoms with Crippen molar-refractivity contribution in [1.82, 2.24) is 10.6 Å². The Bertz CT molecular complexity index is 455. The third kappa shape index (κ3) is 3.76. The molecule has 1 aliphatic carbocycles. The zero-order valence-electron chi connectivity index (χ0n) is 9.98. The minimum atomic E-state index is -0.276. The Morgan fingerprint density at radius 2 is 1.94 bits per heavy atom. The molecule has 5 heteroatoms. The van der Waals surface area contributed by atoms with Crippen LogP contribution in [0.2, 0.25) is 0 Å². The van der Waals surface area contributed by atoms with Crippen LogP contribution in [0.1, 0.15) is 18.4 Å². The molecule has 5 nitrogen and oxygen atoms in total. The van der Waals surface area contributed by atoms with Gasteiger partial charge in [-0.1, -0.05) is 18.2 Å². The largest absolute Gasteiger partial charge is 0.508 e. The maximum atomic E-state index is 11.6. The first-order valence-corrected chi connectivity index (χ1v) is 5.98. The summed E-state index contributed by atoms with van der Waals surface area (Å²) in [6.45, 7) is -0.0110. The van der Waals surface area contributed by atoms with Crippen LogP contribution in [-0.4, -0.2) is 29.5 Å². The van der Waals surface area contributed by atoms with Crippen molar-refractivity contribution in [1.29, 1.82) is 0 Å². The van der Waals surface area contributed by atoms with E-state index in [4.69, 9.17) is 0 Å². The Labute approximate surface area is 105 Å². The summed E-state index contributed by atoms with van der Waals surface area (Å²) < 4.78 is 0. The lowest BCUT2D eigenvalue weighted by Gasteiger charge is -2.07. The van der Waals surface area contributed by atoms with Crippen LogP contribution in [0.25, 0.3) is 0 Å². The molecule has 3 N–H and O–H groups in total. The number of amides is 2. The number of aromatic hydroxyl groups is 1. The summed E-state index contributed by atoms with van der Waals surface area (Å²) in [5, 5.41) is 14.8. The quantitative estimate of drug-likeness (QED) is 0.702. The summed E-state index contributed by atoms with van der Waals surface area (Å²) in [6.07, 6.45) is 2.12. The molecule has 1 aromatic carbocycles. The number of carbonyl (C=O) groups is 2. The molecule has 2 rings (SSSR count). The predicted octanol–water partition coefficient (Wildman–Crippen LogP) is 0.329. The molecule has 0 bridgehead atoms. The molecule has 96 valence electrons. The van der Waals surface area contributed by atoms with E-state index in [1.54, 1.807) is 18.2 Å². The highest BCUT2D eigenvalue weighted by Crippen LogP contribution is 2.18. The average molecular weight is 248 g/mol. The Balaban J connectivity index is 1.74. The lowest BCUT2D eigenvalue weighted by molar-refractivity contribution is -0.125. The van der Waals surface area contributed by atoms with E-state index in [0.29, 0.717) is 11.6 Å². The van der Waals surface area contributed by atoms with E-state index >= 15 is 0 Å². The van der Waals surface area contributed by atoms with Gasteiger partial charge in [0.15, 0.2) is 0 Å². The standard InChI is InChI=1S/C13H16N2O3/c16-11-4-2-1-3-9(11)7-12(17)14-8-13(18)15-10-5-6-10/h1-4,10,16H,5-8H2,(H,14,17)(H,15,18). The van der Waals surface area contributed by atoms with Gasteiger partial charge in [0.25, 0.3) is 0 Å². The van der Waals surface area contributed by atoms with Crippen molar-refractivity contribution in [3.63, 3.8) is 0 Å². The summed E-state index contributed by atoms with van der Waals surface area (Å²) in [5.41, 5.74) is 0.553. The summed E-state index contributed by atoms with van der Waals surface area (Å²) in [5.74, 6) is -0.347. The van der Waals surface area contributed by atoms with Crippen LogP contribution in [-0.2, 0) is 16.0 Å². The second-order valence-corrected chi connectivity index (χ2v) is 4.42. The van der Waals surface area contributed by atoms with Crippen molar-refractivity contribution < 1.29 is 14.7 Å². The normalized spacial score (nSPS) is 14.0. The lowest BCUT2D eigenvalue weighted by atomic mass is 10.1. The van der Waals surface area contributed by atoms with Gasteiger partial charge in [0.2, 0.25) is 11.8 Å². The van der Waals surface area contributed by atoms with Crippen molar-refractivity contribution in [2.24, 2.45) is 0 Å². The number of nitrogens with one attached hydrogen (secondary N) is 2. The predicted molar refractivity (Wildman–Crippen MR) is 66.0 cm³/mol. The zero-order chi connectivity index (χ0) is 13.0. The number of phenolic OH excluding ortho intramolecular Hbond substituents is 1. The van der Waals surface area contributed by atoms with E-state index in [1.165, 1.54) is 6.07 Å². The van der Waals surface area contributed by atoms with Crippen LogP contribution >= 0.6 is 0 Å². The molecule has 0 saturated heterocycles. The zero-order valence-corrected chi connectivity index (χ0v) is 9.98. The Kier molecular flexibility index (Phi) is 3.82. The van der Waals surface area contributed by atoms with Crippen LogP contribution in [0.5, 0.6) is 5.75 Å². The van der Waals surface area contributed by atoms with E-state index < -0.39 is 0 Å². The molecule has 1 fully saturated rings. The third-order valence-corrected chi connectivity index (χ3v) is 2.73. The van der Waals surface area contributed by atoms with Crippen molar-refractivity contribution in [3.8, 4) is 5.75 Å². The molecular weight excluding hydrogens is 232 g/mol. The van der Waals surface area contributed by atoms with Gasteiger partial charge < -0.3 is 15.7 Å². The topological polar surface area (TPSA) is 78.4 Å². The first-order valence-electron chi connectivity index (χ1n) is 5.98. The molecule has 2 amide bonds. The van der Waals surface area contributed by atoms with Crippen LogP contribution < -0.4 is 10.6 Å². The van der Waals surface area contributed by atoms with E-state index in [1.807, 2.05) is 0 Å². The van der Waals surface area contributed by atoms with Gasteiger partial charge in [-0.3, -0.25) is 9.59 Å². The van der Waals surface area contributed by atoms with Crippen LogP contribution in [0.15, 0.2) is 24.3 Å². The molecular formula is C13H16N2O3. The monoisotopic (exact) mass is 248 g/mol. The summed E-state index contributed by atoms with van der Waals surface area (Å²) in [7, 11) is 0. The molecule has 0 radical (unpaired) electrons. The van der Waals surface area contributed by atoms with E-state index in [0.717, 1.165) is 12.8 Å². The molecule has 0 unspecified atom stereocenters. The van der Waals surface area contributed by atoms with Crippen molar-refractivity contribution in [3.05, 3.63) is 29.8 Å². The Hall–Kier alpha value is -2.04. The molecule has 0 spiro atoms. The highest BCUT2D eigenvalue weighted by atomic mass is 16.3. The van der Waals surface area contributed by atoms with Crippen LogP contribution in [0.3, 0.4) is 0 Å². The van der Waals surface area contributed by atoms with Gasteiger partial charge in [0, 0.05) is 11.6 Å². The van der Waals surface area contributed by atoms with E-state index in [9.17, 15) is 14.7 Å². The van der Waals surface area contributed by atoms with Crippen LogP contribution in [0.4, 0.5) is 0 Å². The summed E-state index contributed by atoms with van der Waals surface area (Å²) in [4.78, 5) is 22.9.